The summed E-state index contributed by atoms with van der Waals surface area (Å²) < 4.78 is 0. The van der Waals surface area contributed by atoms with Gasteiger partial charge in [0.1, 0.15) is 6.54 Å². The normalized spacial score (nSPS) is 14.7. The molecule has 0 amide bonds. The SMILES string of the molecule is CCc1cccc(NC(=S)N2CC[NH+](Cc3ccc(C#N)cc3)CC2)c1. The lowest BCUT2D eigenvalue weighted by Crippen LogP contribution is -3.13. The number of quaternary nitrogens is 1. The maximum absolute atomic E-state index is 8.89. The number of hydrogen-bond donors (Lipinski definition) is 2. The number of hydrogen-bond acceptors (Lipinski definition) is 2. The Labute approximate surface area is 161 Å². The zero-order chi connectivity index (χ0) is 18.4. The molecule has 0 aromatic heterocycles. The number of thiocarbonyl (C=S) groups is 1. The van der Waals surface area contributed by atoms with E-state index in [1.807, 2.05) is 12.1 Å². The van der Waals surface area contributed by atoms with Crippen molar-refractivity contribution < 1.29 is 4.90 Å². The first-order valence-electron chi connectivity index (χ1n) is 9.15. The first kappa shape index (κ1) is 18.4. The molecule has 0 radical (unpaired) electrons. The maximum atomic E-state index is 8.89. The van der Waals surface area contributed by atoms with Crippen LogP contribution in [0.1, 0.15) is 23.6 Å². The number of benzene rings is 2. The predicted octanol–water partition coefficient (Wildman–Crippen LogP) is 2.22. The lowest BCUT2D eigenvalue weighted by atomic mass is 10.1. The van der Waals surface area contributed by atoms with Crippen LogP contribution in [0.4, 0.5) is 5.69 Å². The highest BCUT2D eigenvalue weighted by Crippen LogP contribution is 2.12. The van der Waals surface area contributed by atoms with E-state index in [1.54, 1.807) is 4.90 Å². The summed E-state index contributed by atoms with van der Waals surface area (Å²) in [6, 6.07) is 18.5. The molecule has 0 spiro atoms. The lowest BCUT2D eigenvalue weighted by Gasteiger charge is -2.34. The van der Waals surface area contributed by atoms with Crippen LogP contribution in [-0.2, 0) is 13.0 Å². The van der Waals surface area contributed by atoms with Gasteiger partial charge < -0.3 is 15.1 Å². The highest BCUT2D eigenvalue weighted by molar-refractivity contribution is 7.80. The molecule has 2 aromatic rings. The fourth-order valence-corrected chi connectivity index (χ4v) is 3.56. The number of rotatable bonds is 4. The average molecular weight is 366 g/mol. The Morgan fingerprint density at radius 3 is 2.54 bits per heavy atom. The second kappa shape index (κ2) is 8.79. The van der Waals surface area contributed by atoms with Crippen LogP contribution in [0, 0.1) is 11.3 Å². The number of nitrogens with zero attached hydrogens (tertiary/aromatic N) is 2. The van der Waals surface area contributed by atoms with Gasteiger partial charge in [-0.15, -0.1) is 0 Å². The van der Waals surface area contributed by atoms with Crippen molar-refractivity contribution in [3.63, 3.8) is 0 Å². The Hall–Kier alpha value is -2.42. The van der Waals surface area contributed by atoms with Crippen LogP contribution in [0.3, 0.4) is 0 Å². The molecule has 1 aliphatic heterocycles. The molecular formula is C21H25N4S+. The molecule has 0 saturated carbocycles. The molecule has 3 rings (SSSR count). The van der Waals surface area contributed by atoms with Crippen molar-refractivity contribution in [1.82, 2.24) is 4.90 Å². The van der Waals surface area contributed by atoms with Gasteiger partial charge in [0.25, 0.3) is 0 Å². The van der Waals surface area contributed by atoms with Gasteiger partial charge in [0.05, 0.1) is 37.8 Å². The second-order valence-corrected chi connectivity index (χ2v) is 7.09. The van der Waals surface area contributed by atoms with E-state index in [4.69, 9.17) is 17.5 Å². The Morgan fingerprint density at radius 2 is 1.88 bits per heavy atom. The van der Waals surface area contributed by atoms with Crippen LogP contribution >= 0.6 is 12.2 Å². The van der Waals surface area contributed by atoms with E-state index in [1.165, 1.54) is 11.1 Å². The molecule has 2 N–H and O–H groups in total. The summed E-state index contributed by atoms with van der Waals surface area (Å²) in [6.07, 6.45) is 1.03. The largest absolute Gasteiger partial charge is 0.338 e. The van der Waals surface area contributed by atoms with Gasteiger partial charge in [0, 0.05) is 11.3 Å². The van der Waals surface area contributed by atoms with Crippen molar-refractivity contribution in [3.8, 4) is 6.07 Å². The fraction of sp³-hybridized carbons (Fsp3) is 0.333. The number of nitriles is 1. The summed E-state index contributed by atoms with van der Waals surface area (Å²) in [5.74, 6) is 0. The third-order valence-corrected chi connectivity index (χ3v) is 5.24. The molecule has 0 aliphatic carbocycles. The zero-order valence-corrected chi connectivity index (χ0v) is 16.0. The van der Waals surface area contributed by atoms with Gasteiger partial charge in [-0.2, -0.15) is 5.26 Å². The van der Waals surface area contributed by atoms with Gasteiger partial charge in [-0.3, -0.25) is 0 Å². The molecule has 0 unspecified atom stereocenters. The Kier molecular flexibility index (Phi) is 6.21. The van der Waals surface area contributed by atoms with Crippen LogP contribution in [-0.4, -0.2) is 36.2 Å². The number of aryl methyl sites for hydroxylation is 1. The minimum absolute atomic E-state index is 0.720. The third-order valence-electron chi connectivity index (χ3n) is 4.88. The molecule has 1 fully saturated rings. The average Bonchev–Trinajstić information content (AvgIpc) is 2.69. The Balaban J connectivity index is 1.49. The van der Waals surface area contributed by atoms with Gasteiger partial charge in [-0.05, 0) is 48.5 Å². The van der Waals surface area contributed by atoms with Gasteiger partial charge in [-0.1, -0.05) is 31.2 Å². The monoisotopic (exact) mass is 365 g/mol. The number of anilines is 1. The second-order valence-electron chi connectivity index (χ2n) is 6.71. The van der Waals surface area contributed by atoms with Crippen LogP contribution < -0.4 is 10.2 Å². The highest BCUT2D eigenvalue weighted by atomic mass is 32.1. The van der Waals surface area contributed by atoms with E-state index in [9.17, 15) is 0 Å². The van der Waals surface area contributed by atoms with Crippen LogP contribution in [0.15, 0.2) is 48.5 Å². The van der Waals surface area contributed by atoms with Crippen molar-refractivity contribution in [2.24, 2.45) is 0 Å². The van der Waals surface area contributed by atoms with Crippen LogP contribution in [0.25, 0.3) is 0 Å². The van der Waals surface area contributed by atoms with Crippen molar-refractivity contribution in [1.29, 1.82) is 5.26 Å². The van der Waals surface area contributed by atoms with E-state index in [-0.39, 0.29) is 0 Å². The molecule has 1 heterocycles. The molecule has 0 bridgehead atoms. The molecule has 26 heavy (non-hydrogen) atoms. The number of nitrogens with one attached hydrogen (secondary N) is 2. The zero-order valence-electron chi connectivity index (χ0n) is 15.2. The summed E-state index contributed by atoms with van der Waals surface area (Å²) >= 11 is 5.61. The lowest BCUT2D eigenvalue weighted by molar-refractivity contribution is -0.917. The summed E-state index contributed by atoms with van der Waals surface area (Å²) in [4.78, 5) is 3.82. The van der Waals surface area contributed by atoms with Gasteiger partial charge in [0.2, 0.25) is 0 Å². The van der Waals surface area contributed by atoms with E-state index in [0.717, 1.165) is 55.5 Å². The molecule has 134 valence electrons. The van der Waals surface area contributed by atoms with Crippen LogP contribution in [0.5, 0.6) is 0 Å². The Morgan fingerprint density at radius 1 is 1.15 bits per heavy atom. The fourth-order valence-electron chi connectivity index (χ4n) is 3.26. The standard InChI is InChI=1S/C21H24N4S/c1-2-17-4-3-5-20(14-17)23-21(26)25-12-10-24(11-13-25)16-19-8-6-18(15-22)7-9-19/h3-9,14H,2,10-13,16H2,1H3,(H,23,26)/p+1. The molecular weight excluding hydrogens is 340 g/mol. The first-order valence-corrected chi connectivity index (χ1v) is 9.56. The van der Waals surface area contributed by atoms with E-state index < -0.39 is 0 Å². The number of piperazine rings is 1. The molecule has 5 heteroatoms. The third kappa shape index (κ3) is 4.81. The van der Waals surface area contributed by atoms with Crippen molar-refractivity contribution >= 4 is 23.0 Å². The smallest absolute Gasteiger partial charge is 0.173 e. The predicted molar refractivity (Wildman–Crippen MR) is 109 cm³/mol. The van der Waals surface area contributed by atoms with Gasteiger partial charge in [-0.25, -0.2) is 0 Å². The highest BCUT2D eigenvalue weighted by Gasteiger charge is 2.21. The van der Waals surface area contributed by atoms with Crippen molar-refractivity contribution in [3.05, 3.63) is 65.2 Å². The molecule has 0 atom stereocenters. The van der Waals surface area contributed by atoms with Crippen molar-refractivity contribution in [2.75, 3.05) is 31.5 Å². The maximum Gasteiger partial charge on any atom is 0.173 e. The minimum atomic E-state index is 0.720. The molecule has 2 aromatic carbocycles. The van der Waals surface area contributed by atoms with Crippen LogP contribution in [0.2, 0.25) is 0 Å². The molecule has 1 aliphatic rings. The topological polar surface area (TPSA) is 43.5 Å². The quantitative estimate of drug-likeness (QED) is 0.816. The van der Waals surface area contributed by atoms with Gasteiger partial charge in [0.15, 0.2) is 5.11 Å². The summed E-state index contributed by atoms with van der Waals surface area (Å²) in [5, 5.41) is 13.1. The van der Waals surface area contributed by atoms with E-state index in [0.29, 0.717) is 0 Å². The van der Waals surface area contributed by atoms with Gasteiger partial charge >= 0.3 is 0 Å². The molecule has 1 saturated heterocycles. The van der Waals surface area contributed by atoms with Crippen molar-refractivity contribution in [2.45, 2.75) is 19.9 Å². The minimum Gasteiger partial charge on any atom is -0.338 e. The van der Waals surface area contributed by atoms with E-state index in [2.05, 4.69) is 59.6 Å². The first-order chi connectivity index (χ1) is 12.7. The molecule has 4 nitrogen and oxygen atoms in total. The Bertz CT molecular complexity index is 786. The summed E-state index contributed by atoms with van der Waals surface area (Å²) in [5.41, 5.74) is 4.39. The summed E-state index contributed by atoms with van der Waals surface area (Å²) in [6.45, 7) is 7.22. The summed E-state index contributed by atoms with van der Waals surface area (Å²) in [7, 11) is 0. The van der Waals surface area contributed by atoms with E-state index >= 15 is 0 Å².